The van der Waals surface area contributed by atoms with Crippen LogP contribution in [0.1, 0.15) is 52.5 Å². The van der Waals surface area contributed by atoms with Gasteiger partial charge in [-0.1, -0.05) is 6.07 Å². The first-order chi connectivity index (χ1) is 11.3. The van der Waals surface area contributed by atoms with E-state index in [4.69, 9.17) is 18.8 Å². The molecule has 2 fully saturated rings. The first-order valence-electron chi connectivity index (χ1n) is 8.66. The first-order valence-corrected chi connectivity index (χ1v) is 8.66. The van der Waals surface area contributed by atoms with Gasteiger partial charge in [-0.05, 0) is 70.1 Å². The van der Waals surface area contributed by atoms with Crippen molar-refractivity contribution < 1.29 is 23.2 Å². The summed E-state index contributed by atoms with van der Waals surface area (Å²) in [6.07, 6.45) is 2.83. The molecule has 0 aromatic heterocycles. The number of benzene rings is 1. The summed E-state index contributed by atoms with van der Waals surface area (Å²) in [7, 11) is -0.526. The van der Waals surface area contributed by atoms with Gasteiger partial charge in [-0.15, -0.1) is 0 Å². The van der Waals surface area contributed by atoms with E-state index in [-0.39, 0.29) is 18.7 Å². The van der Waals surface area contributed by atoms with E-state index < -0.39 is 18.3 Å². The van der Waals surface area contributed by atoms with Gasteiger partial charge in [0.05, 0.1) is 17.8 Å². The molecule has 24 heavy (non-hydrogen) atoms. The molecular weight excluding hydrogens is 310 g/mol. The molecule has 0 radical (unpaired) electrons. The zero-order chi connectivity index (χ0) is 17.4. The van der Waals surface area contributed by atoms with Crippen LogP contribution in [0.4, 0.5) is 4.39 Å². The van der Waals surface area contributed by atoms with Crippen LogP contribution in [0, 0.1) is 5.82 Å². The third-order valence-electron chi connectivity index (χ3n) is 5.17. The Hall–Kier alpha value is -0.945. The van der Waals surface area contributed by atoms with Crippen molar-refractivity contribution in [2.75, 3.05) is 6.61 Å². The molecule has 0 aliphatic carbocycles. The third-order valence-corrected chi connectivity index (χ3v) is 5.17. The summed E-state index contributed by atoms with van der Waals surface area (Å²) in [5.41, 5.74) is 0.682. The fourth-order valence-corrected chi connectivity index (χ4v) is 2.92. The van der Waals surface area contributed by atoms with Crippen LogP contribution in [0.3, 0.4) is 0 Å². The van der Waals surface area contributed by atoms with E-state index in [9.17, 15) is 4.39 Å². The van der Waals surface area contributed by atoms with E-state index in [1.165, 1.54) is 12.1 Å². The Morgan fingerprint density at radius 2 is 1.88 bits per heavy atom. The zero-order valence-corrected chi connectivity index (χ0v) is 14.9. The van der Waals surface area contributed by atoms with Crippen LogP contribution in [0.15, 0.2) is 18.2 Å². The standard InChI is InChI=1S/C18H26BFO4/c1-17(2)18(3,4)24-19(23-17)15-9-8-14(20)11-13(15)12-22-16-7-5-6-10-21-16/h8-9,11,16H,5-7,10,12H2,1-4H3. The number of rotatable bonds is 4. The van der Waals surface area contributed by atoms with Crippen LogP contribution in [-0.4, -0.2) is 31.2 Å². The molecule has 0 amide bonds. The van der Waals surface area contributed by atoms with Gasteiger partial charge in [-0.25, -0.2) is 4.39 Å². The summed E-state index contributed by atoms with van der Waals surface area (Å²) in [6.45, 7) is 9.01. The molecule has 0 spiro atoms. The van der Waals surface area contributed by atoms with Crippen molar-refractivity contribution in [3.05, 3.63) is 29.6 Å². The Bertz CT molecular complexity index is 568. The lowest BCUT2D eigenvalue weighted by molar-refractivity contribution is -0.168. The molecule has 4 nitrogen and oxygen atoms in total. The maximum Gasteiger partial charge on any atom is 0.495 e. The van der Waals surface area contributed by atoms with Crippen molar-refractivity contribution >= 4 is 12.6 Å². The Kier molecular flexibility index (Phi) is 5.03. The summed E-state index contributed by atoms with van der Waals surface area (Å²) in [4.78, 5) is 0. The second-order valence-electron chi connectivity index (χ2n) is 7.54. The maximum absolute atomic E-state index is 13.7. The van der Waals surface area contributed by atoms with Crippen molar-refractivity contribution in [3.63, 3.8) is 0 Å². The van der Waals surface area contributed by atoms with Crippen molar-refractivity contribution in [2.24, 2.45) is 0 Å². The van der Waals surface area contributed by atoms with Crippen molar-refractivity contribution in [3.8, 4) is 0 Å². The number of hydrogen-bond acceptors (Lipinski definition) is 4. The Morgan fingerprint density at radius 1 is 1.17 bits per heavy atom. The summed E-state index contributed by atoms with van der Waals surface area (Å²) >= 11 is 0. The number of ether oxygens (including phenoxy) is 2. The molecule has 3 rings (SSSR count). The highest BCUT2D eigenvalue weighted by molar-refractivity contribution is 6.62. The number of halogens is 1. The highest BCUT2D eigenvalue weighted by Gasteiger charge is 2.52. The second-order valence-corrected chi connectivity index (χ2v) is 7.54. The fraction of sp³-hybridized carbons (Fsp3) is 0.667. The van der Waals surface area contributed by atoms with E-state index in [0.29, 0.717) is 0 Å². The highest BCUT2D eigenvalue weighted by Crippen LogP contribution is 2.36. The van der Waals surface area contributed by atoms with Crippen LogP contribution >= 0.6 is 0 Å². The van der Waals surface area contributed by atoms with Crippen molar-refractivity contribution in [1.29, 1.82) is 0 Å². The van der Waals surface area contributed by atoms with Gasteiger partial charge in [0.25, 0.3) is 0 Å². The molecular formula is C18H26BFO4. The summed E-state index contributed by atoms with van der Waals surface area (Å²) in [5, 5.41) is 0. The average Bonchev–Trinajstić information content (AvgIpc) is 2.74. The largest absolute Gasteiger partial charge is 0.495 e. The topological polar surface area (TPSA) is 36.9 Å². The summed E-state index contributed by atoms with van der Waals surface area (Å²) in [5.74, 6) is -0.293. The third kappa shape index (κ3) is 3.67. The molecule has 2 aliphatic heterocycles. The van der Waals surface area contributed by atoms with Crippen molar-refractivity contribution in [2.45, 2.75) is 71.1 Å². The minimum absolute atomic E-state index is 0.215. The SMILES string of the molecule is CC1(C)OB(c2ccc(F)cc2COC2CCCCO2)OC1(C)C. The van der Waals surface area contributed by atoms with Gasteiger partial charge in [-0.3, -0.25) is 0 Å². The molecule has 2 heterocycles. The van der Waals surface area contributed by atoms with Gasteiger partial charge >= 0.3 is 7.12 Å². The van der Waals surface area contributed by atoms with Gasteiger partial charge < -0.3 is 18.8 Å². The second kappa shape index (κ2) is 6.75. The Morgan fingerprint density at radius 3 is 2.50 bits per heavy atom. The van der Waals surface area contributed by atoms with Gasteiger partial charge in [0, 0.05) is 6.61 Å². The van der Waals surface area contributed by atoms with Gasteiger partial charge in [0.2, 0.25) is 0 Å². The lowest BCUT2D eigenvalue weighted by atomic mass is 9.76. The molecule has 0 N–H and O–H groups in total. The van der Waals surface area contributed by atoms with E-state index >= 15 is 0 Å². The average molecular weight is 336 g/mol. The van der Waals surface area contributed by atoms with Gasteiger partial charge in [-0.2, -0.15) is 0 Å². The minimum Gasteiger partial charge on any atom is -0.399 e. The maximum atomic E-state index is 13.7. The molecule has 6 heteroatoms. The molecule has 1 aromatic rings. The van der Waals surface area contributed by atoms with Crippen LogP contribution in [0.5, 0.6) is 0 Å². The molecule has 1 atom stereocenters. The van der Waals surface area contributed by atoms with Gasteiger partial charge in [0.15, 0.2) is 6.29 Å². The van der Waals surface area contributed by atoms with Crippen LogP contribution in [-0.2, 0) is 25.4 Å². The molecule has 2 saturated heterocycles. The monoisotopic (exact) mass is 336 g/mol. The van der Waals surface area contributed by atoms with Crippen molar-refractivity contribution in [1.82, 2.24) is 0 Å². The summed E-state index contributed by atoms with van der Waals surface area (Å²) < 4.78 is 37.3. The normalized spacial score (nSPS) is 25.9. The lowest BCUT2D eigenvalue weighted by Crippen LogP contribution is -2.41. The van der Waals surface area contributed by atoms with Crippen LogP contribution < -0.4 is 5.46 Å². The smallest absolute Gasteiger partial charge is 0.399 e. The molecule has 1 aromatic carbocycles. The molecule has 132 valence electrons. The zero-order valence-electron chi connectivity index (χ0n) is 14.9. The number of hydrogen-bond donors (Lipinski definition) is 0. The van der Waals surface area contributed by atoms with E-state index in [1.54, 1.807) is 6.07 Å². The Labute approximate surface area is 143 Å². The van der Waals surface area contributed by atoms with E-state index in [0.717, 1.165) is 36.9 Å². The Balaban J connectivity index is 1.76. The molecule has 0 saturated carbocycles. The minimum atomic E-state index is -0.526. The van der Waals surface area contributed by atoms with E-state index in [2.05, 4.69) is 0 Å². The quantitative estimate of drug-likeness (QED) is 0.792. The van der Waals surface area contributed by atoms with Gasteiger partial charge in [0.1, 0.15) is 5.82 Å². The predicted molar refractivity (Wildman–Crippen MR) is 90.5 cm³/mol. The van der Waals surface area contributed by atoms with Crippen LogP contribution in [0.25, 0.3) is 0 Å². The predicted octanol–water partition coefficient (Wildman–Crippen LogP) is 3.17. The van der Waals surface area contributed by atoms with E-state index in [1.807, 2.05) is 27.7 Å². The summed E-state index contributed by atoms with van der Waals surface area (Å²) in [6, 6.07) is 4.64. The molecule has 0 bridgehead atoms. The molecule has 2 aliphatic rings. The molecule has 1 unspecified atom stereocenters. The van der Waals surface area contributed by atoms with Crippen LogP contribution in [0.2, 0.25) is 0 Å². The lowest BCUT2D eigenvalue weighted by Gasteiger charge is -2.32. The first kappa shape index (κ1) is 17.9. The highest BCUT2D eigenvalue weighted by atomic mass is 19.1. The fourth-order valence-electron chi connectivity index (χ4n) is 2.92.